The Labute approximate surface area is 288 Å². The van der Waals surface area contributed by atoms with E-state index in [1.165, 1.54) is 25.9 Å². The van der Waals surface area contributed by atoms with Crippen LogP contribution in [0.1, 0.15) is 60.4 Å². The van der Waals surface area contributed by atoms with Gasteiger partial charge in [0.25, 0.3) is 0 Å². The molecule has 2 aliphatic heterocycles. The Bertz CT molecular complexity index is 1740. The Hall–Kier alpha value is -3.93. The Morgan fingerprint density at radius 1 is 1.17 bits per heavy atom. The predicted molar refractivity (Wildman–Crippen MR) is 156 cm³/mol. The van der Waals surface area contributed by atoms with Crippen LogP contribution >= 0.6 is 11.3 Å². The fourth-order valence-electron chi connectivity index (χ4n) is 5.10. The molecule has 236 valence electrons. The van der Waals surface area contributed by atoms with Crippen molar-refractivity contribution in [2.24, 2.45) is 5.16 Å². The van der Waals surface area contributed by atoms with E-state index in [0.29, 0.717) is 25.2 Å². The largest absolute Gasteiger partial charge is 1.00 e. The minimum absolute atomic E-state index is 0. The van der Waals surface area contributed by atoms with Crippen LogP contribution in [0.4, 0.5) is 13.2 Å². The van der Waals surface area contributed by atoms with E-state index in [9.17, 15) is 18.0 Å². The van der Waals surface area contributed by atoms with Gasteiger partial charge in [0.1, 0.15) is 37.6 Å². The minimum atomic E-state index is -4.54. The third-order valence-electron chi connectivity index (χ3n) is 7.50. The first-order chi connectivity index (χ1) is 21.7. The average molecular weight is 664 g/mol. The number of hydrogen-bond donors (Lipinski definition) is 1. The molecular formula is C28H29F3N11NaO2S. The summed E-state index contributed by atoms with van der Waals surface area (Å²) in [4.78, 5) is 32.6. The van der Waals surface area contributed by atoms with E-state index in [2.05, 4.69) is 35.5 Å². The fraction of sp³-hybridized carbons (Fsp3) is 0.357. The van der Waals surface area contributed by atoms with Gasteiger partial charge in [-0.3, -0.25) is 14.6 Å². The molecule has 46 heavy (non-hydrogen) atoms. The number of aromatic nitrogens is 9. The number of oxime groups is 1. The smallest absolute Gasteiger partial charge is 1.00 e. The van der Waals surface area contributed by atoms with E-state index >= 15 is 0 Å². The number of thiazole rings is 1. The number of likely N-dealkylation sites (tertiary alicyclic amines) is 1. The molecule has 4 aromatic heterocycles. The third-order valence-corrected chi connectivity index (χ3v) is 8.50. The van der Waals surface area contributed by atoms with Crippen molar-refractivity contribution in [3.05, 3.63) is 88.7 Å². The van der Waals surface area contributed by atoms with Gasteiger partial charge >= 0.3 is 35.7 Å². The Morgan fingerprint density at radius 2 is 2.00 bits per heavy atom. The summed E-state index contributed by atoms with van der Waals surface area (Å²) in [5.74, 6) is -0.0428. The van der Waals surface area contributed by atoms with Crippen LogP contribution in [0.15, 0.2) is 66.2 Å². The number of rotatable bonds is 6. The molecule has 0 aliphatic carbocycles. The maximum atomic E-state index is 12.9. The molecule has 0 bridgehead atoms. The Morgan fingerprint density at radius 3 is 2.65 bits per heavy atom. The number of piperidine rings is 1. The quantitative estimate of drug-likeness (QED) is 0.269. The van der Waals surface area contributed by atoms with Gasteiger partial charge in [-0.1, -0.05) is 17.3 Å². The van der Waals surface area contributed by atoms with E-state index in [0.717, 1.165) is 51.3 Å². The normalized spacial score (nSPS) is 16.7. The number of carbonyl (C=O) groups is 1. The number of H-pyrrole nitrogens is 1. The van der Waals surface area contributed by atoms with E-state index in [1.807, 2.05) is 29.6 Å². The van der Waals surface area contributed by atoms with Crippen molar-refractivity contribution in [2.45, 2.75) is 50.9 Å². The van der Waals surface area contributed by atoms with Crippen molar-refractivity contribution < 1.29 is 53.8 Å². The summed E-state index contributed by atoms with van der Waals surface area (Å²) in [5.41, 5.74) is 2.77. The summed E-state index contributed by atoms with van der Waals surface area (Å²) in [6.07, 6.45) is 3.38. The summed E-state index contributed by atoms with van der Waals surface area (Å²) in [6, 6.07) is 8.85. The van der Waals surface area contributed by atoms with Crippen molar-refractivity contribution in [1.29, 1.82) is 0 Å². The van der Waals surface area contributed by atoms with Gasteiger partial charge in [-0.15, -0.1) is 11.3 Å². The van der Waals surface area contributed by atoms with Crippen LogP contribution in [-0.2, 0) is 22.4 Å². The summed E-state index contributed by atoms with van der Waals surface area (Å²) >= 11 is 1.57. The zero-order chi connectivity index (χ0) is 31.4. The molecule has 1 unspecified atom stereocenters. The molecule has 13 nitrogen and oxygen atoms in total. The van der Waals surface area contributed by atoms with Gasteiger partial charge in [0.15, 0.2) is 11.8 Å². The first kappa shape index (κ1) is 33.4. The van der Waals surface area contributed by atoms with Gasteiger partial charge in [-0.25, -0.2) is 19.6 Å². The van der Waals surface area contributed by atoms with Crippen LogP contribution in [-0.4, -0.2) is 74.3 Å². The molecule has 5 aromatic rings. The van der Waals surface area contributed by atoms with Gasteiger partial charge < -0.3 is 11.2 Å². The molecule has 1 N–H and O–H groups in total. The number of nitrogens with zero attached hydrogens (tertiary/aromatic N) is 10. The fourth-order valence-corrected chi connectivity index (χ4v) is 6.10. The number of benzene rings is 1. The number of nitrogens with one attached hydrogen (secondary N) is 1. The van der Waals surface area contributed by atoms with Crippen molar-refractivity contribution in [3.63, 3.8) is 0 Å². The van der Waals surface area contributed by atoms with Crippen LogP contribution in [0.2, 0.25) is 0 Å². The molecule has 1 aromatic carbocycles. The Kier molecular flexibility index (Phi) is 10.7. The van der Waals surface area contributed by atoms with Gasteiger partial charge in [-0.05, 0) is 43.5 Å². The van der Waals surface area contributed by atoms with Crippen molar-refractivity contribution >= 4 is 23.0 Å². The molecule has 0 radical (unpaired) electrons. The van der Waals surface area contributed by atoms with Crippen LogP contribution < -0.4 is 29.6 Å². The SMILES string of the molecule is Cc1cc(C(F)(F)F)nn1CC(=O)N1CCC(c2nc(C3=NOC(c4cccc(-n5cncn5)c4)C3)cs2)CC1.[H-].[Na+].c1nc[nH]n1. The maximum absolute atomic E-state index is 12.9. The van der Waals surface area contributed by atoms with Crippen LogP contribution in [0.25, 0.3) is 5.69 Å². The standard InChI is InChI=1S/C26H25F3N8O2S.C2H3N3.Na.H/c1-16-9-23(26(27,28)29)33-36(16)12-24(38)35-7-5-17(6-8-35)25-32-21(13-40-25)20-11-22(39-34-20)18-3-2-4-19(10-18)37-15-30-14-31-37;1-3-2-5-4-1;;/h2-4,9-10,13-15,17,22H,5-8,11-12H2,1H3;1-2H,(H,3,4,5);;/q;;+1;-1. The van der Waals surface area contributed by atoms with Crippen molar-refractivity contribution in [3.8, 4) is 5.69 Å². The molecule has 18 heteroatoms. The molecule has 0 saturated carbocycles. The molecule has 1 atom stereocenters. The number of carbonyl (C=O) groups excluding carboxylic acids is 1. The van der Waals surface area contributed by atoms with Gasteiger partial charge in [-0.2, -0.15) is 28.5 Å². The van der Waals surface area contributed by atoms with Crippen LogP contribution in [0.5, 0.6) is 0 Å². The zero-order valence-corrected chi connectivity index (χ0v) is 27.8. The number of aryl methyl sites for hydroxylation is 1. The average Bonchev–Trinajstić information content (AvgIpc) is 3.88. The first-order valence-electron chi connectivity index (χ1n) is 14.1. The molecule has 1 saturated heterocycles. The maximum Gasteiger partial charge on any atom is 1.00 e. The van der Waals surface area contributed by atoms with Gasteiger partial charge in [0.2, 0.25) is 5.91 Å². The Balaban J connectivity index is 0.000000655. The van der Waals surface area contributed by atoms with E-state index < -0.39 is 11.9 Å². The molecule has 0 spiro atoms. The van der Waals surface area contributed by atoms with Gasteiger partial charge in [0.05, 0.1) is 16.4 Å². The number of amides is 1. The van der Waals surface area contributed by atoms with Crippen LogP contribution in [0.3, 0.4) is 0 Å². The number of alkyl halides is 3. The molecule has 2 aliphatic rings. The molecule has 6 heterocycles. The second kappa shape index (κ2) is 14.7. The summed E-state index contributed by atoms with van der Waals surface area (Å²) < 4.78 is 41.6. The molecule has 1 fully saturated rings. The number of aromatic amines is 1. The summed E-state index contributed by atoms with van der Waals surface area (Å²) in [6.45, 7) is 2.33. The van der Waals surface area contributed by atoms with E-state index in [-0.39, 0.29) is 55.5 Å². The second-order valence-corrected chi connectivity index (χ2v) is 11.4. The van der Waals surface area contributed by atoms with E-state index in [1.54, 1.807) is 27.2 Å². The molecule has 1 amide bonds. The molecular weight excluding hydrogens is 634 g/mol. The van der Waals surface area contributed by atoms with Crippen molar-refractivity contribution in [2.75, 3.05) is 13.1 Å². The summed E-state index contributed by atoms with van der Waals surface area (Å²) in [5, 5.41) is 21.0. The monoisotopic (exact) mass is 663 g/mol. The first-order valence-corrected chi connectivity index (χ1v) is 14.9. The minimum Gasteiger partial charge on any atom is -1.00 e. The number of halogens is 3. The van der Waals surface area contributed by atoms with Crippen LogP contribution in [0, 0.1) is 6.92 Å². The van der Waals surface area contributed by atoms with E-state index in [4.69, 9.17) is 9.82 Å². The van der Waals surface area contributed by atoms with Gasteiger partial charge in [0, 0.05) is 36.5 Å². The third kappa shape index (κ3) is 7.89. The molecule has 7 rings (SSSR count). The predicted octanol–water partition coefficient (Wildman–Crippen LogP) is 1.44. The topological polar surface area (TPSA) is 145 Å². The van der Waals surface area contributed by atoms with Crippen molar-refractivity contribution in [1.82, 2.24) is 49.6 Å². The summed E-state index contributed by atoms with van der Waals surface area (Å²) in [7, 11) is 0. The number of hydrogen-bond acceptors (Lipinski definition) is 10. The second-order valence-electron chi connectivity index (χ2n) is 10.5. The zero-order valence-electron chi connectivity index (χ0n) is 26.0.